The summed E-state index contributed by atoms with van der Waals surface area (Å²) in [5, 5.41) is 19.1. The molecule has 2 aromatic carbocycles. The van der Waals surface area contributed by atoms with Crippen molar-refractivity contribution in [2.45, 2.75) is 71.9 Å². The molecule has 0 aliphatic heterocycles. The number of benzene rings is 2. The Labute approximate surface area is 200 Å². The van der Waals surface area contributed by atoms with E-state index in [-0.39, 0.29) is 5.69 Å². The molecule has 0 bridgehead atoms. The highest BCUT2D eigenvalue weighted by Gasteiger charge is 2.14. The highest BCUT2D eigenvalue weighted by molar-refractivity contribution is 5.80. The molecular weight excluding hydrogens is 426 g/mol. The monoisotopic (exact) mass is 459 g/mol. The Bertz CT molecular complexity index is 1220. The first-order valence-corrected chi connectivity index (χ1v) is 12.3. The van der Waals surface area contributed by atoms with Crippen LogP contribution in [-0.4, -0.2) is 35.0 Å². The predicted octanol–water partition coefficient (Wildman–Crippen LogP) is 4.86. The number of nitrogens with zero attached hydrogens (tertiary/aromatic N) is 6. The SMILES string of the molecule is CCCCCCCn1nc(CCC)n(Cc2ccc(-c3ccccc3-c3nn[nH]n3)cc2)c1=O. The largest absolute Gasteiger partial charge is 0.346 e. The van der Waals surface area contributed by atoms with E-state index in [4.69, 9.17) is 0 Å². The molecule has 1 N–H and O–H groups in total. The number of tetrazole rings is 1. The van der Waals surface area contributed by atoms with Crippen LogP contribution in [0.2, 0.25) is 0 Å². The van der Waals surface area contributed by atoms with Gasteiger partial charge in [-0.3, -0.25) is 4.57 Å². The molecule has 0 amide bonds. The maximum atomic E-state index is 13.1. The van der Waals surface area contributed by atoms with E-state index in [1.165, 1.54) is 19.3 Å². The number of H-pyrrole nitrogens is 1. The fourth-order valence-electron chi connectivity index (χ4n) is 4.24. The number of nitrogens with one attached hydrogen (secondary N) is 1. The lowest BCUT2D eigenvalue weighted by Gasteiger charge is -2.09. The zero-order valence-corrected chi connectivity index (χ0v) is 20.1. The van der Waals surface area contributed by atoms with Gasteiger partial charge in [-0.15, -0.1) is 10.2 Å². The second kappa shape index (κ2) is 11.5. The van der Waals surface area contributed by atoms with Crippen LogP contribution in [0.3, 0.4) is 0 Å². The molecule has 0 aliphatic rings. The summed E-state index contributed by atoms with van der Waals surface area (Å²) in [6.45, 7) is 5.55. The maximum Gasteiger partial charge on any atom is 0.346 e. The van der Waals surface area contributed by atoms with E-state index in [0.29, 0.717) is 18.9 Å². The molecule has 4 aromatic rings. The number of rotatable bonds is 12. The van der Waals surface area contributed by atoms with Gasteiger partial charge in [-0.05, 0) is 34.7 Å². The van der Waals surface area contributed by atoms with Gasteiger partial charge in [-0.2, -0.15) is 10.3 Å². The smallest absolute Gasteiger partial charge is 0.274 e. The van der Waals surface area contributed by atoms with Crippen LogP contribution < -0.4 is 5.69 Å². The Morgan fingerprint density at radius 1 is 0.882 bits per heavy atom. The summed E-state index contributed by atoms with van der Waals surface area (Å²) in [4.78, 5) is 13.1. The van der Waals surface area contributed by atoms with Crippen molar-refractivity contribution >= 4 is 0 Å². The summed E-state index contributed by atoms with van der Waals surface area (Å²) in [5.41, 5.74) is 4.09. The first kappa shape index (κ1) is 23.6. The predicted molar refractivity (Wildman–Crippen MR) is 133 cm³/mol. The second-order valence-corrected chi connectivity index (χ2v) is 8.65. The van der Waals surface area contributed by atoms with Crippen LogP contribution in [0.1, 0.15) is 63.8 Å². The van der Waals surface area contributed by atoms with Crippen LogP contribution in [0.25, 0.3) is 22.5 Å². The zero-order valence-electron chi connectivity index (χ0n) is 20.1. The van der Waals surface area contributed by atoms with Crippen molar-refractivity contribution in [2.24, 2.45) is 0 Å². The van der Waals surface area contributed by atoms with Crippen LogP contribution in [0.15, 0.2) is 53.3 Å². The Morgan fingerprint density at radius 3 is 2.35 bits per heavy atom. The van der Waals surface area contributed by atoms with E-state index in [0.717, 1.165) is 53.8 Å². The fourth-order valence-corrected chi connectivity index (χ4v) is 4.24. The Hall–Kier alpha value is -3.55. The Balaban J connectivity index is 1.52. The third-order valence-corrected chi connectivity index (χ3v) is 6.07. The van der Waals surface area contributed by atoms with Gasteiger partial charge in [-0.1, -0.05) is 88.1 Å². The normalized spacial score (nSPS) is 11.2. The summed E-state index contributed by atoms with van der Waals surface area (Å²) in [6, 6.07) is 16.3. The van der Waals surface area contributed by atoms with E-state index >= 15 is 0 Å². The van der Waals surface area contributed by atoms with E-state index in [1.807, 2.05) is 22.8 Å². The molecule has 0 radical (unpaired) electrons. The Kier molecular flexibility index (Phi) is 8.01. The molecule has 0 aliphatic carbocycles. The van der Waals surface area contributed by atoms with Crippen LogP contribution in [0, 0.1) is 0 Å². The molecule has 4 rings (SSSR count). The number of hydrogen-bond donors (Lipinski definition) is 1. The molecule has 8 heteroatoms. The number of aromatic amines is 1. The summed E-state index contributed by atoms with van der Waals surface area (Å²) < 4.78 is 3.49. The van der Waals surface area contributed by atoms with Crippen LogP contribution in [0.5, 0.6) is 0 Å². The first-order valence-electron chi connectivity index (χ1n) is 12.3. The molecule has 0 spiro atoms. The second-order valence-electron chi connectivity index (χ2n) is 8.65. The fraction of sp³-hybridized carbons (Fsp3) is 0.423. The minimum atomic E-state index is -0.00882. The number of aryl methyl sites for hydroxylation is 2. The highest BCUT2D eigenvalue weighted by Crippen LogP contribution is 2.29. The lowest BCUT2D eigenvalue weighted by atomic mass is 9.98. The van der Waals surface area contributed by atoms with Crippen LogP contribution in [0.4, 0.5) is 0 Å². The lowest BCUT2D eigenvalue weighted by Crippen LogP contribution is -2.26. The summed E-state index contributed by atoms with van der Waals surface area (Å²) >= 11 is 0. The summed E-state index contributed by atoms with van der Waals surface area (Å²) in [7, 11) is 0. The topological polar surface area (TPSA) is 94.3 Å². The van der Waals surface area contributed by atoms with Gasteiger partial charge in [0.05, 0.1) is 6.54 Å². The summed E-state index contributed by atoms with van der Waals surface area (Å²) in [5.74, 6) is 1.44. The van der Waals surface area contributed by atoms with Crippen molar-refractivity contribution in [1.29, 1.82) is 0 Å². The van der Waals surface area contributed by atoms with Crippen molar-refractivity contribution in [3.63, 3.8) is 0 Å². The molecule has 8 nitrogen and oxygen atoms in total. The minimum Gasteiger partial charge on any atom is -0.274 e. The van der Waals surface area contributed by atoms with Gasteiger partial charge >= 0.3 is 5.69 Å². The molecule has 178 valence electrons. The van der Waals surface area contributed by atoms with E-state index < -0.39 is 0 Å². The zero-order chi connectivity index (χ0) is 23.8. The number of hydrogen-bond acceptors (Lipinski definition) is 5. The van der Waals surface area contributed by atoms with E-state index in [2.05, 4.69) is 69.9 Å². The quantitative estimate of drug-likeness (QED) is 0.305. The number of unbranched alkanes of at least 4 members (excludes halogenated alkanes) is 4. The van der Waals surface area contributed by atoms with Crippen LogP contribution in [-0.2, 0) is 19.5 Å². The molecule has 34 heavy (non-hydrogen) atoms. The number of aromatic nitrogens is 7. The minimum absolute atomic E-state index is 0.00882. The van der Waals surface area contributed by atoms with E-state index in [9.17, 15) is 4.79 Å². The first-order chi connectivity index (χ1) is 16.7. The molecule has 0 fully saturated rings. The standard InChI is InChI=1S/C26H33N7O/c1-3-5-6-7-10-18-33-26(34)32(24(29-33)11-4-2)19-20-14-16-21(17-15-20)22-12-8-9-13-23(22)25-27-30-31-28-25/h8-9,12-17H,3-7,10-11,18-19H2,1-2H3,(H,27,28,30,31). The molecule has 2 aromatic heterocycles. The molecule has 0 unspecified atom stereocenters. The van der Waals surface area contributed by atoms with Gasteiger partial charge in [0.2, 0.25) is 5.82 Å². The Morgan fingerprint density at radius 2 is 1.65 bits per heavy atom. The van der Waals surface area contributed by atoms with Gasteiger partial charge in [0.25, 0.3) is 0 Å². The average Bonchev–Trinajstić information content (AvgIpc) is 3.50. The molecular formula is C26H33N7O. The van der Waals surface area contributed by atoms with Crippen molar-refractivity contribution in [3.8, 4) is 22.5 Å². The van der Waals surface area contributed by atoms with E-state index in [1.54, 1.807) is 4.68 Å². The third-order valence-electron chi connectivity index (χ3n) is 6.07. The molecule has 0 atom stereocenters. The van der Waals surface area contributed by atoms with Gasteiger partial charge in [0, 0.05) is 18.5 Å². The van der Waals surface area contributed by atoms with Crippen LogP contribution >= 0.6 is 0 Å². The average molecular weight is 460 g/mol. The van der Waals surface area contributed by atoms with Gasteiger partial charge in [0.15, 0.2) is 0 Å². The molecule has 0 saturated carbocycles. The third kappa shape index (κ3) is 5.50. The maximum absolute atomic E-state index is 13.1. The van der Waals surface area contributed by atoms with Gasteiger partial charge in [-0.25, -0.2) is 9.48 Å². The van der Waals surface area contributed by atoms with Crippen molar-refractivity contribution in [2.75, 3.05) is 0 Å². The van der Waals surface area contributed by atoms with Crippen molar-refractivity contribution in [1.82, 2.24) is 35.0 Å². The van der Waals surface area contributed by atoms with Gasteiger partial charge < -0.3 is 0 Å². The van der Waals surface area contributed by atoms with Gasteiger partial charge in [0.1, 0.15) is 5.82 Å². The van der Waals surface area contributed by atoms with Crippen molar-refractivity contribution in [3.05, 3.63) is 70.4 Å². The molecule has 2 heterocycles. The lowest BCUT2D eigenvalue weighted by molar-refractivity contribution is 0.514. The highest BCUT2D eigenvalue weighted by atomic mass is 16.2. The van der Waals surface area contributed by atoms with Crippen molar-refractivity contribution < 1.29 is 0 Å². The summed E-state index contributed by atoms with van der Waals surface area (Å²) in [6.07, 6.45) is 7.58. The molecule has 0 saturated heterocycles.